The Labute approximate surface area is 123 Å². The predicted octanol–water partition coefficient (Wildman–Crippen LogP) is 1.27. The monoisotopic (exact) mass is 288 g/mol. The van der Waals surface area contributed by atoms with Crippen LogP contribution < -0.4 is 11.1 Å². The molecule has 0 bridgehead atoms. The van der Waals surface area contributed by atoms with Crippen molar-refractivity contribution in [2.75, 3.05) is 11.1 Å². The molecule has 1 saturated carbocycles. The van der Waals surface area contributed by atoms with Gasteiger partial charge in [0, 0.05) is 6.04 Å². The molecule has 3 atom stereocenters. The van der Waals surface area contributed by atoms with E-state index in [1.165, 1.54) is 30.2 Å². The van der Waals surface area contributed by atoms with E-state index in [1.807, 2.05) is 0 Å². The zero-order valence-electron chi connectivity index (χ0n) is 12.3. The van der Waals surface area contributed by atoms with Gasteiger partial charge < -0.3 is 11.1 Å². The van der Waals surface area contributed by atoms with Crippen molar-refractivity contribution in [2.24, 2.45) is 11.8 Å². The van der Waals surface area contributed by atoms with Crippen molar-refractivity contribution in [2.45, 2.75) is 39.2 Å². The van der Waals surface area contributed by atoms with Gasteiger partial charge in [0.05, 0.1) is 0 Å². The van der Waals surface area contributed by atoms with E-state index in [-0.39, 0.29) is 5.95 Å². The van der Waals surface area contributed by atoms with Crippen LogP contribution in [0, 0.1) is 11.8 Å². The van der Waals surface area contributed by atoms with Gasteiger partial charge in [0.25, 0.3) is 5.95 Å². The van der Waals surface area contributed by atoms with Crippen LogP contribution in [-0.4, -0.2) is 35.8 Å². The molecular weight excluding hydrogens is 268 g/mol. The predicted molar refractivity (Wildman–Crippen MR) is 78.7 cm³/mol. The second kappa shape index (κ2) is 5.63. The van der Waals surface area contributed by atoms with Crippen LogP contribution in [0.25, 0.3) is 5.95 Å². The Morgan fingerprint density at radius 1 is 1.24 bits per heavy atom. The Morgan fingerprint density at radius 2 is 2.10 bits per heavy atom. The zero-order chi connectivity index (χ0) is 14.8. The Balaban J connectivity index is 1.79. The number of hydrogen-bond acceptors (Lipinski definition) is 7. The van der Waals surface area contributed by atoms with E-state index in [4.69, 9.17) is 5.73 Å². The molecule has 0 amide bonds. The van der Waals surface area contributed by atoms with Crippen molar-refractivity contribution < 1.29 is 0 Å². The van der Waals surface area contributed by atoms with Crippen LogP contribution in [0.5, 0.6) is 0 Å². The molecule has 2 aromatic rings. The number of rotatable bonds is 3. The topological polar surface area (TPSA) is 107 Å². The van der Waals surface area contributed by atoms with Gasteiger partial charge in [-0.25, -0.2) is 4.98 Å². The lowest BCUT2D eigenvalue weighted by Crippen LogP contribution is -2.33. The minimum absolute atomic E-state index is 0.176. The molecule has 1 aliphatic carbocycles. The second-order valence-electron chi connectivity index (χ2n) is 5.80. The fourth-order valence-electron chi connectivity index (χ4n) is 2.90. The molecule has 3 N–H and O–H groups in total. The fourth-order valence-corrected chi connectivity index (χ4v) is 2.90. The summed E-state index contributed by atoms with van der Waals surface area (Å²) < 4.78 is 1.47. The van der Waals surface area contributed by atoms with Gasteiger partial charge in [-0.1, -0.05) is 13.8 Å². The van der Waals surface area contributed by atoms with E-state index in [0.717, 1.165) is 12.3 Å². The van der Waals surface area contributed by atoms with E-state index in [0.29, 0.717) is 23.9 Å². The van der Waals surface area contributed by atoms with Gasteiger partial charge >= 0.3 is 0 Å². The third-order valence-corrected chi connectivity index (χ3v) is 4.01. The summed E-state index contributed by atoms with van der Waals surface area (Å²) in [5.41, 5.74) is 5.76. The molecular formula is C13H20N8. The first-order valence-electron chi connectivity index (χ1n) is 7.25. The highest BCUT2D eigenvalue weighted by atomic mass is 15.4. The number of nitrogens with two attached hydrogens (primary N) is 1. The highest BCUT2D eigenvalue weighted by molar-refractivity contribution is 5.35. The Bertz CT molecular complexity index is 596. The molecule has 2 heterocycles. The Morgan fingerprint density at radius 3 is 2.81 bits per heavy atom. The number of aromatic nitrogens is 6. The highest BCUT2D eigenvalue weighted by Gasteiger charge is 2.26. The average molecular weight is 288 g/mol. The molecule has 1 aliphatic rings. The van der Waals surface area contributed by atoms with E-state index < -0.39 is 0 Å². The summed E-state index contributed by atoms with van der Waals surface area (Å²) in [6.07, 6.45) is 6.51. The van der Waals surface area contributed by atoms with Crippen LogP contribution in [-0.2, 0) is 0 Å². The molecule has 0 radical (unpaired) electrons. The van der Waals surface area contributed by atoms with Gasteiger partial charge in [0.2, 0.25) is 11.9 Å². The summed E-state index contributed by atoms with van der Waals surface area (Å²) in [5.74, 6) is 2.42. The van der Waals surface area contributed by atoms with Crippen molar-refractivity contribution in [1.29, 1.82) is 0 Å². The van der Waals surface area contributed by atoms with Crippen LogP contribution in [0.2, 0.25) is 0 Å². The molecule has 0 aliphatic heterocycles. The summed E-state index contributed by atoms with van der Waals surface area (Å²) >= 11 is 0. The second-order valence-corrected chi connectivity index (χ2v) is 5.80. The summed E-state index contributed by atoms with van der Waals surface area (Å²) in [6, 6.07) is 0.367. The summed E-state index contributed by atoms with van der Waals surface area (Å²) in [4.78, 5) is 16.5. The molecule has 8 nitrogen and oxygen atoms in total. The maximum atomic E-state index is 5.76. The zero-order valence-corrected chi connectivity index (χ0v) is 12.3. The lowest BCUT2D eigenvalue weighted by molar-refractivity contribution is 0.276. The maximum absolute atomic E-state index is 5.76. The van der Waals surface area contributed by atoms with Crippen LogP contribution in [0.3, 0.4) is 0 Å². The van der Waals surface area contributed by atoms with Crippen molar-refractivity contribution in [3.8, 4) is 5.95 Å². The Hall–Kier alpha value is -2.25. The largest absolute Gasteiger partial charge is 0.368 e. The third-order valence-electron chi connectivity index (χ3n) is 4.01. The minimum Gasteiger partial charge on any atom is -0.368 e. The summed E-state index contributed by atoms with van der Waals surface area (Å²) in [5, 5.41) is 7.40. The molecule has 0 spiro atoms. The minimum atomic E-state index is 0.176. The summed E-state index contributed by atoms with van der Waals surface area (Å²) in [6.45, 7) is 4.56. The molecule has 112 valence electrons. The van der Waals surface area contributed by atoms with Gasteiger partial charge in [-0.3, -0.25) is 0 Å². The lowest BCUT2D eigenvalue weighted by atomic mass is 9.80. The molecule has 1 fully saturated rings. The number of nitrogen functional groups attached to an aromatic ring is 1. The number of anilines is 2. The van der Waals surface area contributed by atoms with E-state index >= 15 is 0 Å². The normalized spacial score (nSPS) is 25.7. The van der Waals surface area contributed by atoms with Gasteiger partial charge in [-0.15, -0.1) is 0 Å². The first-order chi connectivity index (χ1) is 10.1. The standard InChI is InChI=1S/C13H20N8/c1-8-3-4-10(9(2)5-8)17-12-18-11(14)19-13(20-12)21-7-15-6-16-21/h6-10H,3-5H2,1-2H3,(H3,14,17,18,19,20). The first-order valence-corrected chi connectivity index (χ1v) is 7.25. The lowest BCUT2D eigenvalue weighted by Gasteiger charge is -2.33. The molecule has 3 rings (SSSR count). The van der Waals surface area contributed by atoms with Crippen molar-refractivity contribution in [3.63, 3.8) is 0 Å². The van der Waals surface area contributed by atoms with Crippen molar-refractivity contribution >= 4 is 11.9 Å². The van der Waals surface area contributed by atoms with E-state index in [9.17, 15) is 0 Å². The SMILES string of the molecule is CC1CCC(Nc2nc(N)nc(-n3cncn3)n2)C(C)C1. The van der Waals surface area contributed by atoms with Crippen LogP contribution in [0.4, 0.5) is 11.9 Å². The van der Waals surface area contributed by atoms with Gasteiger partial charge in [-0.2, -0.15) is 24.7 Å². The van der Waals surface area contributed by atoms with Crippen molar-refractivity contribution in [1.82, 2.24) is 29.7 Å². The maximum Gasteiger partial charge on any atom is 0.258 e. The molecule has 0 saturated heterocycles. The fraction of sp³-hybridized carbons (Fsp3) is 0.615. The van der Waals surface area contributed by atoms with Gasteiger partial charge in [0.1, 0.15) is 12.7 Å². The molecule has 3 unspecified atom stereocenters. The highest BCUT2D eigenvalue weighted by Crippen LogP contribution is 2.30. The number of nitrogens with zero attached hydrogens (tertiary/aromatic N) is 6. The van der Waals surface area contributed by atoms with Crippen LogP contribution in [0.1, 0.15) is 33.1 Å². The smallest absolute Gasteiger partial charge is 0.258 e. The van der Waals surface area contributed by atoms with Crippen molar-refractivity contribution in [3.05, 3.63) is 12.7 Å². The third kappa shape index (κ3) is 3.09. The van der Waals surface area contributed by atoms with Gasteiger partial charge in [0.15, 0.2) is 0 Å². The average Bonchev–Trinajstić information content (AvgIpc) is 2.95. The quantitative estimate of drug-likeness (QED) is 0.875. The Kier molecular flexibility index (Phi) is 3.68. The number of hydrogen-bond donors (Lipinski definition) is 2. The summed E-state index contributed by atoms with van der Waals surface area (Å²) in [7, 11) is 0. The van der Waals surface area contributed by atoms with Crippen LogP contribution >= 0.6 is 0 Å². The van der Waals surface area contributed by atoms with E-state index in [2.05, 4.69) is 44.2 Å². The first kappa shape index (κ1) is 13.7. The number of nitrogens with one attached hydrogen (secondary N) is 1. The van der Waals surface area contributed by atoms with Crippen LogP contribution in [0.15, 0.2) is 12.7 Å². The molecule has 8 heteroatoms. The molecule has 2 aromatic heterocycles. The van der Waals surface area contributed by atoms with E-state index in [1.54, 1.807) is 0 Å². The van der Waals surface area contributed by atoms with Gasteiger partial charge in [-0.05, 0) is 31.1 Å². The molecule has 0 aromatic carbocycles. The molecule has 21 heavy (non-hydrogen) atoms.